The number of thioether (sulfide) groups is 1. The minimum absolute atomic E-state index is 0.0806. The quantitative estimate of drug-likeness (QED) is 0.437. The predicted octanol–water partition coefficient (Wildman–Crippen LogP) is 4.92. The van der Waals surface area contributed by atoms with Crippen LogP contribution >= 0.6 is 39.3 Å². The molecule has 1 nitrogen and oxygen atoms in total. The summed E-state index contributed by atoms with van der Waals surface area (Å²) in [6.07, 6.45) is 0.219. The lowest BCUT2D eigenvalue weighted by molar-refractivity contribution is -0.0328. The van der Waals surface area contributed by atoms with Gasteiger partial charge in [0.1, 0.15) is 0 Å². The number of hydrogen-bond acceptors (Lipinski definition) is 2. The van der Waals surface area contributed by atoms with Gasteiger partial charge in [-0.05, 0) is 30.0 Å². The Morgan fingerprint density at radius 3 is 2.53 bits per heavy atom. The zero-order chi connectivity index (χ0) is 13.1. The summed E-state index contributed by atoms with van der Waals surface area (Å²) in [5, 5.41) is 0.581. The van der Waals surface area contributed by atoms with E-state index in [4.69, 9.17) is 11.6 Å². The highest BCUT2D eigenvalue weighted by Crippen LogP contribution is 2.38. The van der Waals surface area contributed by atoms with Crippen LogP contribution in [0.5, 0.6) is 0 Å². The number of hydrogen-bond donors (Lipinski definition) is 0. The van der Waals surface area contributed by atoms with Crippen molar-refractivity contribution in [2.75, 3.05) is 5.33 Å². The molecule has 1 rings (SSSR count). The van der Waals surface area contributed by atoms with Gasteiger partial charge in [-0.15, -0.1) is 0 Å². The van der Waals surface area contributed by atoms with Gasteiger partial charge in [0.05, 0.1) is 0 Å². The van der Waals surface area contributed by atoms with Gasteiger partial charge in [0.15, 0.2) is 5.78 Å². The first-order valence-electron chi connectivity index (χ1n) is 4.47. The number of ketones is 1. The van der Waals surface area contributed by atoms with Gasteiger partial charge < -0.3 is 0 Å². The Bertz CT molecular complexity index is 423. The van der Waals surface area contributed by atoms with E-state index in [1.54, 1.807) is 0 Å². The van der Waals surface area contributed by atoms with Crippen LogP contribution in [0.15, 0.2) is 23.1 Å². The van der Waals surface area contributed by atoms with Crippen molar-refractivity contribution in [3.05, 3.63) is 28.8 Å². The topological polar surface area (TPSA) is 17.1 Å². The summed E-state index contributed by atoms with van der Waals surface area (Å²) in [7, 11) is 0. The summed E-state index contributed by atoms with van der Waals surface area (Å²) < 4.78 is 36.5. The molecule has 0 spiro atoms. The average Bonchev–Trinajstić information content (AvgIpc) is 2.14. The molecule has 0 saturated carbocycles. The van der Waals surface area contributed by atoms with Crippen molar-refractivity contribution < 1.29 is 18.0 Å². The molecule has 0 aromatic heterocycles. The first kappa shape index (κ1) is 14.9. The largest absolute Gasteiger partial charge is 0.446 e. The zero-order valence-electron chi connectivity index (χ0n) is 8.35. The molecular formula is C10H7BrClF3OS. The van der Waals surface area contributed by atoms with Crippen molar-refractivity contribution in [1.29, 1.82) is 0 Å². The van der Waals surface area contributed by atoms with Crippen LogP contribution in [0, 0.1) is 0 Å². The van der Waals surface area contributed by atoms with Crippen LogP contribution < -0.4 is 0 Å². The molecule has 0 amide bonds. The summed E-state index contributed by atoms with van der Waals surface area (Å²) in [6.45, 7) is 0. The third-order valence-electron chi connectivity index (χ3n) is 1.75. The van der Waals surface area contributed by atoms with Gasteiger partial charge in [-0.2, -0.15) is 13.2 Å². The maximum absolute atomic E-state index is 12.2. The molecule has 0 bridgehead atoms. The molecule has 0 aliphatic carbocycles. The minimum Gasteiger partial charge on any atom is -0.294 e. The van der Waals surface area contributed by atoms with Gasteiger partial charge in [0.2, 0.25) is 0 Å². The number of halogens is 5. The van der Waals surface area contributed by atoms with Crippen LogP contribution in [0.1, 0.15) is 16.8 Å². The summed E-state index contributed by atoms with van der Waals surface area (Å²) in [4.78, 5) is 11.5. The predicted molar refractivity (Wildman–Crippen MR) is 66.1 cm³/mol. The van der Waals surface area contributed by atoms with E-state index in [0.29, 0.717) is 5.33 Å². The van der Waals surface area contributed by atoms with Crippen molar-refractivity contribution in [2.45, 2.75) is 16.8 Å². The first-order chi connectivity index (χ1) is 7.81. The van der Waals surface area contributed by atoms with Gasteiger partial charge in [0, 0.05) is 27.2 Å². The second-order valence-corrected chi connectivity index (χ2v) is 5.45. The lowest BCUT2D eigenvalue weighted by Gasteiger charge is -2.07. The standard InChI is InChI=1S/C10H7BrClF3OS/c11-2-1-9(16)6-3-7(12)5-8(4-6)17-10(13,14)15/h3-5H,1-2H2. The van der Waals surface area contributed by atoms with Crippen LogP contribution in [0.3, 0.4) is 0 Å². The number of alkyl halides is 4. The van der Waals surface area contributed by atoms with E-state index >= 15 is 0 Å². The minimum atomic E-state index is -4.39. The van der Waals surface area contributed by atoms with E-state index in [1.807, 2.05) is 0 Å². The van der Waals surface area contributed by atoms with Gasteiger partial charge in [-0.1, -0.05) is 27.5 Å². The Hall–Kier alpha value is -0.200. The van der Waals surface area contributed by atoms with E-state index in [0.717, 1.165) is 0 Å². The smallest absolute Gasteiger partial charge is 0.294 e. The van der Waals surface area contributed by atoms with E-state index < -0.39 is 5.51 Å². The van der Waals surface area contributed by atoms with Crippen molar-refractivity contribution in [2.24, 2.45) is 0 Å². The van der Waals surface area contributed by atoms with Gasteiger partial charge >= 0.3 is 5.51 Å². The maximum atomic E-state index is 12.2. The van der Waals surface area contributed by atoms with Gasteiger partial charge in [-0.3, -0.25) is 4.79 Å². The van der Waals surface area contributed by atoms with Crippen LogP contribution in [0.4, 0.5) is 13.2 Å². The molecule has 0 aliphatic heterocycles. The molecule has 17 heavy (non-hydrogen) atoms. The highest BCUT2D eigenvalue weighted by Gasteiger charge is 2.29. The Balaban J connectivity index is 2.98. The lowest BCUT2D eigenvalue weighted by atomic mass is 10.1. The summed E-state index contributed by atoms with van der Waals surface area (Å²) in [5.41, 5.74) is -4.19. The van der Waals surface area contributed by atoms with Crippen molar-refractivity contribution >= 4 is 45.1 Å². The molecule has 0 aliphatic rings. The molecular weight excluding hydrogens is 341 g/mol. The van der Waals surface area contributed by atoms with Crippen LogP contribution in [-0.2, 0) is 0 Å². The molecule has 0 heterocycles. The Labute approximate surface area is 114 Å². The Kier molecular flexibility index (Phi) is 5.34. The van der Waals surface area contributed by atoms with E-state index in [1.165, 1.54) is 18.2 Å². The average molecular weight is 348 g/mol. The number of carbonyl (C=O) groups is 1. The third-order valence-corrected chi connectivity index (χ3v) is 3.07. The first-order valence-corrected chi connectivity index (χ1v) is 6.79. The summed E-state index contributed by atoms with van der Waals surface area (Å²) in [6, 6.07) is 3.76. The molecule has 94 valence electrons. The number of Topliss-reactive ketones (excluding diaryl/α,β-unsaturated/α-hetero) is 1. The molecule has 1 aromatic carbocycles. The molecule has 0 radical (unpaired) electrons. The van der Waals surface area contributed by atoms with Gasteiger partial charge in [-0.25, -0.2) is 0 Å². The lowest BCUT2D eigenvalue weighted by Crippen LogP contribution is -2.02. The second kappa shape index (κ2) is 6.11. The fourth-order valence-corrected chi connectivity index (χ4v) is 2.45. The van der Waals surface area contributed by atoms with E-state index in [-0.39, 0.29) is 39.4 Å². The molecule has 0 N–H and O–H groups in total. The number of carbonyl (C=O) groups excluding carboxylic acids is 1. The Morgan fingerprint density at radius 2 is 2.00 bits per heavy atom. The monoisotopic (exact) mass is 346 g/mol. The van der Waals surface area contributed by atoms with Crippen molar-refractivity contribution in [3.8, 4) is 0 Å². The molecule has 0 unspecified atom stereocenters. The molecule has 0 fully saturated rings. The van der Waals surface area contributed by atoms with Gasteiger partial charge in [0.25, 0.3) is 0 Å². The molecule has 7 heteroatoms. The molecule has 0 atom stereocenters. The summed E-state index contributed by atoms with van der Waals surface area (Å²) in [5.74, 6) is -0.242. The van der Waals surface area contributed by atoms with Crippen molar-refractivity contribution in [1.82, 2.24) is 0 Å². The zero-order valence-corrected chi connectivity index (χ0v) is 11.5. The van der Waals surface area contributed by atoms with Crippen LogP contribution in [0.2, 0.25) is 5.02 Å². The number of rotatable bonds is 4. The normalized spacial score (nSPS) is 11.6. The maximum Gasteiger partial charge on any atom is 0.446 e. The van der Waals surface area contributed by atoms with Crippen LogP contribution in [0.25, 0.3) is 0 Å². The highest BCUT2D eigenvalue weighted by atomic mass is 79.9. The van der Waals surface area contributed by atoms with E-state index in [9.17, 15) is 18.0 Å². The highest BCUT2D eigenvalue weighted by molar-refractivity contribution is 9.09. The second-order valence-electron chi connectivity index (χ2n) is 3.09. The fraction of sp³-hybridized carbons (Fsp3) is 0.300. The third kappa shape index (κ3) is 5.31. The summed E-state index contributed by atoms with van der Waals surface area (Å²) >= 11 is 8.49. The SMILES string of the molecule is O=C(CCBr)c1cc(Cl)cc(SC(F)(F)F)c1. The molecule has 0 saturated heterocycles. The Morgan fingerprint density at radius 1 is 1.35 bits per heavy atom. The van der Waals surface area contributed by atoms with E-state index in [2.05, 4.69) is 15.9 Å². The molecule has 1 aromatic rings. The van der Waals surface area contributed by atoms with Crippen LogP contribution in [-0.4, -0.2) is 16.6 Å². The fourth-order valence-electron chi connectivity index (χ4n) is 1.15. The number of benzene rings is 1. The van der Waals surface area contributed by atoms with Crippen molar-refractivity contribution in [3.63, 3.8) is 0 Å².